The Hall–Kier alpha value is -0.890. The van der Waals surface area contributed by atoms with Crippen LogP contribution in [0.2, 0.25) is 0 Å². The molecule has 0 atom stereocenters. The molecule has 0 fully saturated rings. The Morgan fingerprint density at radius 2 is 2.07 bits per heavy atom. The third-order valence-electron chi connectivity index (χ3n) is 2.74. The molecule has 2 nitrogen and oxygen atoms in total. The number of rotatable bonds is 4. The van der Waals surface area contributed by atoms with E-state index in [2.05, 4.69) is 18.8 Å². The van der Waals surface area contributed by atoms with Crippen molar-refractivity contribution in [3.8, 4) is 0 Å². The van der Waals surface area contributed by atoms with E-state index in [9.17, 15) is 0 Å². The monoisotopic (exact) mass is 193 g/mol. The summed E-state index contributed by atoms with van der Waals surface area (Å²) >= 11 is 0. The van der Waals surface area contributed by atoms with Gasteiger partial charge >= 0.3 is 0 Å². The topological polar surface area (TPSA) is 33.1 Å². The van der Waals surface area contributed by atoms with Crippen molar-refractivity contribution in [1.82, 2.24) is 4.98 Å². The zero-order chi connectivity index (χ0) is 10.6. The first kappa shape index (κ1) is 11.2. The van der Waals surface area contributed by atoms with Crippen LogP contribution in [0.15, 0.2) is 6.20 Å². The number of aliphatic hydroxyl groups excluding tert-OH is 1. The minimum absolute atomic E-state index is 0.0955. The van der Waals surface area contributed by atoms with Crippen LogP contribution in [-0.2, 0) is 13.0 Å². The van der Waals surface area contributed by atoms with Gasteiger partial charge in [-0.1, -0.05) is 13.3 Å². The number of hydrogen-bond acceptors (Lipinski definition) is 2. The third kappa shape index (κ3) is 2.32. The molecule has 0 aliphatic rings. The Labute approximate surface area is 86.0 Å². The van der Waals surface area contributed by atoms with Crippen LogP contribution in [0.1, 0.15) is 42.1 Å². The molecule has 0 aliphatic carbocycles. The fourth-order valence-electron chi connectivity index (χ4n) is 1.70. The second-order valence-corrected chi connectivity index (χ2v) is 3.73. The van der Waals surface area contributed by atoms with Crippen molar-refractivity contribution < 1.29 is 5.11 Å². The van der Waals surface area contributed by atoms with Gasteiger partial charge in [-0.05, 0) is 43.4 Å². The Kier molecular flexibility index (Phi) is 4.08. The Morgan fingerprint density at radius 3 is 2.64 bits per heavy atom. The number of aliphatic hydroxyl groups is 1. The van der Waals surface area contributed by atoms with Gasteiger partial charge in [0.05, 0.1) is 6.61 Å². The fraction of sp³-hybridized carbons (Fsp3) is 0.583. The number of aryl methyl sites for hydroxylation is 1. The van der Waals surface area contributed by atoms with Gasteiger partial charge in [0.25, 0.3) is 0 Å². The first-order valence-corrected chi connectivity index (χ1v) is 5.25. The minimum atomic E-state index is 0.0955. The zero-order valence-electron chi connectivity index (χ0n) is 9.30. The van der Waals surface area contributed by atoms with Crippen LogP contribution in [0, 0.1) is 13.8 Å². The predicted molar refractivity (Wildman–Crippen MR) is 58.2 cm³/mol. The lowest BCUT2D eigenvalue weighted by atomic mass is 9.99. The second kappa shape index (κ2) is 5.11. The lowest BCUT2D eigenvalue weighted by Crippen LogP contribution is -2.01. The summed E-state index contributed by atoms with van der Waals surface area (Å²) in [6.45, 7) is 6.40. The number of nitrogens with zero attached hydrogens (tertiary/aromatic N) is 1. The molecule has 0 radical (unpaired) electrons. The van der Waals surface area contributed by atoms with E-state index in [0.717, 1.165) is 17.7 Å². The van der Waals surface area contributed by atoms with Crippen LogP contribution >= 0.6 is 0 Å². The van der Waals surface area contributed by atoms with Crippen molar-refractivity contribution in [2.45, 2.75) is 46.6 Å². The van der Waals surface area contributed by atoms with Gasteiger partial charge < -0.3 is 5.11 Å². The molecule has 1 aromatic rings. The maximum Gasteiger partial charge on any atom is 0.0699 e. The van der Waals surface area contributed by atoms with Gasteiger partial charge in [-0.15, -0.1) is 0 Å². The van der Waals surface area contributed by atoms with Crippen LogP contribution in [0.3, 0.4) is 0 Å². The molecule has 2 heteroatoms. The first-order chi connectivity index (χ1) is 6.70. The van der Waals surface area contributed by atoms with Crippen LogP contribution in [0.4, 0.5) is 0 Å². The number of hydrogen-bond donors (Lipinski definition) is 1. The molecule has 0 spiro atoms. The van der Waals surface area contributed by atoms with Crippen LogP contribution < -0.4 is 0 Å². The summed E-state index contributed by atoms with van der Waals surface area (Å²) in [5.74, 6) is 0. The standard InChI is InChI=1S/C12H19NO/c1-4-5-6-12-9(2)11(8-14)7-13-10(12)3/h7,14H,4-6,8H2,1-3H3. The molecule has 0 saturated carbocycles. The highest BCUT2D eigenvalue weighted by molar-refractivity contribution is 5.34. The van der Waals surface area contributed by atoms with Gasteiger partial charge in [0.15, 0.2) is 0 Å². The van der Waals surface area contributed by atoms with E-state index in [1.54, 1.807) is 6.20 Å². The molecule has 78 valence electrons. The highest BCUT2D eigenvalue weighted by atomic mass is 16.3. The van der Waals surface area contributed by atoms with E-state index in [1.165, 1.54) is 24.0 Å². The van der Waals surface area contributed by atoms with Gasteiger partial charge in [-0.25, -0.2) is 0 Å². The Bertz CT molecular complexity index is 307. The van der Waals surface area contributed by atoms with Crippen molar-refractivity contribution in [3.63, 3.8) is 0 Å². The Morgan fingerprint density at radius 1 is 1.36 bits per heavy atom. The van der Waals surface area contributed by atoms with E-state index in [1.807, 2.05) is 6.92 Å². The molecule has 0 aromatic carbocycles. The molecule has 14 heavy (non-hydrogen) atoms. The molecule has 0 bridgehead atoms. The van der Waals surface area contributed by atoms with E-state index >= 15 is 0 Å². The molecule has 0 unspecified atom stereocenters. The first-order valence-electron chi connectivity index (χ1n) is 5.25. The van der Waals surface area contributed by atoms with Gasteiger partial charge in [-0.2, -0.15) is 0 Å². The molecule has 0 saturated heterocycles. The third-order valence-corrected chi connectivity index (χ3v) is 2.74. The van der Waals surface area contributed by atoms with Gasteiger partial charge in [-0.3, -0.25) is 4.98 Å². The smallest absolute Gasteiger partial charge is 0.0699 e. The van der Waals surface area contributed by atoms with Crippen molar-refractivity contribution in [2.75, 3.05) is 0 Å². The molecule has 1 aromatic heterocycles. The normalized spacial score (nSPS) is 10.6. The maximum atomic E-state index is 9.12. The second-order valence-electron chi connectivity index (χ2n) is 3.73. The van der Waals surface area contributed by atoms with Gasteiger partial charge in [0.2, 0.25) is 0 Å². The summed E-state index contributed by atoms with van der Waals surface area (Å²) in [7, 11) is 0. The molecule has 1 rings (SSSR count). The lowest BCUT2D eigenvalue weighted by molar-refractivity contribution is 0.280. The number of unbranched alkanes of at least 4 members (excludes halogenated alkanes) is 1. The largest absolute Gasteiger partial charge is 0.392 e. The SMILES string of the molecule is CCCCc1c(C)ncc(CO)c1C. The summed E-state index contributed by atoms with van der Waals surface area (Å²) in [5, 5.41) is 9.12. The summed E-state index contributed by atoms with van der Waals surface area (Å²) in [6.07, 6.45) is 5.25. The predicted octanol–water partition coefficient (Wildman–Crippen LogP) is 2.53. The zero-order valence-corrected chi connectivity index (χ0v) is 9.30. The quantitative estimate of drug-likeness (QED) is 0.797. The highest BCUT2D eigenvalue weighted by Gasteiger charge is 2.07. The maximum absolute atomic E-state index is 9.12. The highest BCUT2D eigenvalue weighted by Crippen LogP contribution is 2.18. The molecule has 0 aliphatic heterocycles. The van der Waals surface area contributed by atoms with Crippen molar-refractivity contribution in [1.29, 1.82) is 0 Å². The van der Waals surface area contributed by atoms with E-state index in [4.69, 9.17) is 5.11 Å². The van der Waals surface area contributed by atoms with Crippen LogP contribution in [0.25, 0.3) is 0 Å². The average Bonchev–Trinajstić information content (AvgIpc) is 2.18. The fourth-order valence-corrected chi connectivity index (χ4v) is 1.70. The summed E-state index contributed by atoms with van der Waals surface area (Å²) in [5.41, 5.74) is 4.60. The van der Waals surface area contributed by atoms with Gasteiger partial charge in [0, 0.05) is 11.9 Å². The summed E-state index contributed by atoms with van der Waals surface area (Å²) < 4.78 is 0. The molecule has 0 amide bonds. The lowest BCUT2D eigenvalue weighted by Gasteiger charge is -2.11. The van der Waals surface area contributed by atoms with E-state index in [0.29, 0.717) is 0 Å². The molecular formula is C12H19NO. The van der Waals surface area contributed by atoms with Crippen molar-refractivity contribution in [2.24, 2.45) is 0 Å². The van der Waals surface area contributed by atoms with E-state index in [-0.39, 0.29) is 6.61 Å². The van der Waals surface area contributed by atoms with Crippen molar-refractivity contribution in [3.05, 3.63) is 28.6 Å². The molecule has 1 heterocycles. The number of aromatic nitrogens is 1. The van der Waals surface area contributed by atoms with Crippen molar-refractivity contribution >= 4 is 0 Å². The van der Waals surface area contributed by atoms with Gasteiger partial charge in [0.1, 0.15) is 0 Å². The minimum Gasteiger partial charge on any atom is -0.392 e. The van der Waals surface area contributed by atoms with Crippen LogP contribution in [-0.4, -0.2) is 10.1 Å². The molecule has 1 N–H and O–H groups in total. The molecular weight excluding hydrogens is 174 g/mol. The average molecular weight is 193 g/mol. The summed E-state index contributed by atoms with van der Waals surface area (Å²) in [6, 6.07) is 0. The van der Waals surface area contributed by atoms with E-state index < -0.39 is 0 Å². The van der Waals surface area contributed by atoms with Crippen LogP contribution in [0.5, 0.6) is 0 Å². The summed E-state index contributed by atoms with van der Waals surface area (Å²) in [4.78, 5) is 4.30. The number of pyridine rings is 1. The Balaban J connectivity index is 2.99.